The lowest BCUT2D eigenvalue weighted by Crippen LogP contribution is -2.19. The van der Waals surface area contributed by atoms with E-state index in [1.54, 1.807) is 0 Å². The number of hydrogen-bond acceptors (Lipinski definition) is 2. The van der Waals surface area contributed by atoms with Gasteiger partial charge in [0.05, 0.1) is 0 Å². The van der Waals surface area contributed by atoms with Crippen molar-refractivity contribution in [2.24, 2.45) is 0 Å². The summed E-state index contributed by atoms with van der Waals surface area (Å²) < 4.78 is 7.14. The Kier molecular flexibility index (Phi) is 6.51. The third-order valence-corrected chi connectivity index (χ3v) is 4.10. The van der Waals surface area contributed by atoms with Crippen LogP contribution in [0.3, 0.4) is 0 Å². The molecule has 0 heterocycles. The quantitative estimate of drug-likeness (QED) is 0.672. The predicted molar refractivity (Wildman–Crippen MR) is 96.6 cm³/mol. The van der Waals surface area contributed by atoms with E-state index in [1.807, 2.05) is 6.07 Å². The van der Waals surface area contributed by atoms with E-state index in [2.05, 4.69) is 84.2 Å². The molecule has 0 aliphatic heterocycles. The van der Waals surface area contributed by atoms with Gasteiger partial charge in [-0.2, -0.15) is 0 Å². The van der Waals surface area contributed by atoms with Gasteiger partial charge >= 0.3 is 0 Å². The maximum Gasteiger partial charge on any atom is 0.120 e. The molecule has 0 aliphatic rings. The molecule has 0 radical (unpaired) electrons. The van der Waals surface area contributed by atoms with Crippen LogP contribution in [0.15, 0.2) is 48.5 Å². The lowest BCUT2D eigenvalue weighted by Gasteiger charge is -2.15. The minimum Gasteiger partial charge on any atom is -0.489 e. The Labute approximate surface area is 141 Å². The van der Waals surface area contributed by atoms with Crippen molar-refractivity contribution in [1.29, 1.82) is 0 Å². The van der Waals surface area contributed by atoms with Crippen LogP contribution in [0.1, 0.15) is 37.4 Å². The molecule has 0 saturated heterocycles. The van der Waals surface area contributed by atoms with Gasteiger partial charge in [0.2, 0.25) is 0 Å². The smallest absolute Gasteiger partial charge is 0.120 e. The Hall–Kier alpha value is -1.07. The minimum absolute atomic E-state index is 0.354. The Morgan fingerprint density at radius 1 is 1.14 bits per heavy atom. The van der Waals surface area contributed by atoms with Gasteiger partial charge in [-0.15, -0.1) is 0 Å². The molecule has 21 heavy (non-hydrogen) atoms. The van der Waals surface area contributed by atoms with Crippen LogP contribution in [0, 0.1) is 3.57 Å². The Bertz CT molecular complexity index is 553. The molecule has 2 rings (SSSR count). The topological polar surface area (TPSA) is 21.3 Å². The van der Waals surface area contributed by atoms with Crippen LogP contribution in [-0.4, -0.2) is 6.54 Å². The van der Waals surface area contributed by atoms with Gasteiger partial charge in [-0.1, -0.05) is 31.2 Å². The average molecular weight is 395 g/mol. The fourth-order valence-electron chi connectivity index (χ4n) is 2.10. The highest BCUT2D eigenvalue weighted by atomic mass is 127. The molecule has 1 unspecified atom stereocenters. The second-order valence-corrected chi connectivity index (χ2v) is 6.41. The van der Waals surface area contributed by atoms with E-state index in [1.165, 1.54) is 14.7 Å². The van der Waals surface area contributed by atoms with Gasteiger partial charge in [-0.3, -0.25) is 0 Å². The molecule has 3 heteroatoms. The van der Waals surface area contributed by atoms with Crippen molar-refractivity contribution in [1.82, 2.24) is 5.32 Å². The molecule has 0 aromatic heterocycles. The summed E-state index contributed by atoms with van der Waals surface area (Å²) >= 11 is 2.31. The summed E-state index contributed by atoms with van der Waals surface area (Å²) in [6.45, 7) is 6.01. The van der Waals surface area contributed by atoms with Crippen LogP contribution in [0.4, 0.5) is 0 Å². The zero-order valence-corrected chi connectivity index (χ0v) is 14.8. The summed E-state index contributed by atoms with van der Waals surface area (Å²) in [5, 5.41) is 3.50. The normalized spacial score (nSPS) is 12.1. The maximum atomic E-state index is 5.90. The van der Waals surface area contributed by atoms with Crippen molar-refractivity contribution in [2.75, 3.05) is 6.54 Å². The van der Waals surface area contributed by atoms with Crippen molar-refractivity contribution in [3.05, 3.63) is 63.2 Å². The summed E-state index contributed by atoms with van der Waals surface area (Å²) in [5.41, 5.74) is 2.46. The second-order valence-electron chi connectivity index (χ2n) is 5.16. The van der Waals surface area contributed by atoms with E-state index in [-0.39, 0.29) is 0 Å². The lowest BCUT2D eigenvalue weighted by atomic mass is 10.1. The van der Waals surface area contributed by atoms with Gasteiger partial charge in [-0.25, -0.2) is 0 Å². The minimum atomic E-state index is 0.354. The summed E-state index contributed by atoms with van der Waals surface area (Å²) in [6, 6.07) is 17.1. The summed E-state index contributed by atoms with van der Waals surface area (Å²) in [5.74, 6) is 0.927. The molecule has 0 aliphatic carbocycles. The maximum absolute atomic E-state index is 5.90. The first-order chi connectivity index (χ1) is 10.2. The lowest BCUT2D eigenvalue weighted by molar-refractivity contribution is 0.305. The van der Waals surface area contributed by atoms with Gasteiger partial charge in [0.15, 0.2) is 0 Å². The number of halogens is 1. The highest BCUT2D eigenvalue weighted by molar-refractivity contribution is 14.1. The van der Waals surface area contributed by atoms with E-state index < -0.39 is 0 Å². The standard InChI is InChI=1S/C18H22INO/c1-3-11-20-14(2)16-5-4-6-18(12-16)21-13-15-7-9-17(19)10-8-15/h4-10,12,14,20H,3,11,13H2,1-2H3. The van der Waals surface area contributed by atoms with Crippen molar-refractivity contribution in [2.45, 2.75) is 32.9 Å². The molecule has 2 nitrogen and oxygen atoms in total. The molecule has 0 saturated carbocycles. The largest absolute Gasteiger partial charge is 0.489 e. The highest BCUT2D eigenvalue weighted by Gasteiger charge is 2.05. The molecule has 0 amide bonds. The van der Waals surface area contributed by atoms with E-state index in [0.717, 1.165) is 18.7 Å². The Morgan fingerprint density at radius 2 is 1.90 bits per heavy atom. The van der Waals surface area contributed by atoms with Gasteiger partial charge in [0.1, 0.15) is 12.4 Å². The van der Waals surface area contributed by atoms with Gasteiger partial charge < -0.3 is 10.1 Å². The first-order valence-corrected chi connectivity index (χ1v) is 8.47. The summed E-state index contributed by atoms with van der Waals surface area (Å²) in [7, 11) is 0. The van der Waals surface area contributed by atoms with Crippen LogP contribution in [-0.2, 0) is 6.61 Å². The third kappa shape index (κ3) is 5.32. The SMILES string of the molecule is CCCNC(C)c1cccc(OCc2ccc(I)cc2)c1. The molecular weight excluding hydrogens is 373 g/mol. The van der Waals surface area contributed by atoms with Gasteiger partial charge in [0, 0.05) is 9.61 Å². The molecule has 0 fully saturated rings. The highest BCUT2D eigenvalue weighted by Crippen LogP contribution is 2.20. The third-order valence-electron chi connectivity index (χ3n) is 3.38. The van der Waals surface area contributed by atoms with E-state index in [4.69, 9.17) is 4.74 Å². The van der Waals surface area contributed by atoms with Crippen molar-refractivity contribution >= 4 is 22.6 Å². The zero-order valence-electron chi connectivity index (χ0n) is 12.6. The molecule has 1 N–H and O–H groups in total. The first kappa shape index (κ1) is 16.3. The van der Waals surface area contributed by atoms with Gasteiger partial charge in [-0.05, 0) is 77.9 Å². The molecule has 2 aromatic carbocycles. The molecule has 1 atom stereocenters. The summed E-state index contributed by atoms with van der Waals surface area (Å²) in [4.78, 5) is 0. The zero-order chi connectivity index (χ0) is 15.1. The van der Waals surface area contributed by atoms with E-state index >= 15 is 0 Å². The Morgan fingerprint density at radius 3 is 2.62 bits per heavy atom. The number of nitrogens with one attached hydrogen (secondary N) is 1. The van der Waals surface area contributed by atoms with Crippen LogP contribution in [0.2, 0.25) is 0 Å². The molecule has 2 aromatic rings. The number of rotatable bonds is 7. The first-order valence-electron chi connectivity index (χ1n) is 7.39. The van der Waals surface area contributed by atoms with E-state index in [0.29, 0.717) is 12.6 Å². The van der Waals surface area contributed by atoms with Gasteiger partial charge in [0.25, 0.3) is 0 Å². The number of hydrogen-bond donors (Lipinski definition) is 1. The average Bonchev–Trinajstić information content (AvgIpc) is 2.52. The molecule has 0 bridgehead atoms. The fourth-order valence-corrected chi connectivity index (χ4v) is 2.46. The van der Waals surface area contributed by atoms with Crippen molar-refractivity contribution < 1.29 is 4.74 Å². The molecule has 0 spiro atoms. The van der Waals surface area contributed by atoms with Crippen LogP contribution in [0.5, 0.6) is 5.75 Å². The molecule has 112 valence electrons. The van der Waals surface area contributed by atoms with Crippen molar-refractivity contribution in [3.63, 3.8) is 0 Å². The number of benzene rings is 2. The fraction of sp³-hybridized carbons (Fsp3) is 0.333. The second kappa shape index (κ2) is 8.39. The summed E-state index contributed by atoms with van der Waals surface area (Å²) in [6.07, 6.45) is 1.15. The Balaban J connectivity index is 1.95. The predicted octanol–water partition coefficient (Wildman–Crippen LogP) is 4.93. The number of ether oxygens (including phenoxy) is 1. The van der Waals surface area contributed by atoms with E-state index in [9.17, 15) is 0 Å². The van der Waals surface area contributed by atoms with Crippen LogP contribution < -0.4 is 10.1 Å². The monoisotopic (exact) mass is 395 g/mol. The van der Waals surface area contributed by atoms with Crippen molar-refractivity contribution in [3.8, 4) is 5.75 Å². The van der Waals surface area contributed by atoms with Crippen LogP contribution in [0.25, 0.3) is 0 Å². The molecular formula is C18H22INO. The van der Waals surface area contributed by atoms with Crippen LogP contribution >= 0.6 is 22.6 Å².